The standard InChI is InChI=1S/C51H32N2O/c1-3-13-33(14-4-1)34-23-25-36(26-24-34)47-32-46(35-15-5-2-6-16-35)52-50(53-47)39-27-28-48-44(30-39)51(45-29-37-17-7-8-18-38(37)31-49(45)54-48)42-21-11-9-19-40(42)41-20-10-12-22-43(41)51/h1-32H. The molecule has 0 bridgehead atoms. The monoisotopic (exact) mass is 688 g/mol. The summed E-state index contributed by atoms with van der Waals surface area (Å²) in [5.41, 5.74) is 13.7. The van der Waals surface area contributed by atoms with Crippen LogP contribution < -0.4 is 4.74 Å². The molecular formula is C51H32N2O. The van der Waals surface area contributed by atoms with Crippen LogP contribution in [0.3, 0.4) is 0 Å². The Balaban J connectivity index is 1.14. The molecule has 3 nitrogen and oxygen atoms in total. The van der Waals surface area contributed by atoms with E-state index in [1.54, 1.807) is 0 Å². The summed E-state index contributed by atoms with van der Waals surface area (Å²) < 4.78 is 6.89. The number of ether oxygens (including phenoxy) is 1. The van der Waals surface area contributed by atoms with Crippen molar-refractivity contribution in [2.24, 2.45) is 0 Å². The number of benzene rings is 8. The molecular weight excluding hydrogens is 657 g/mol. The largest absolute Gasteiger partial charge is 0.457 e. The highest BCUT2D eigenvalue weighted by molar-refractivity contribution is 5.93. The number of hydrogen-bond acceptors (Lipinski definition) is 3. The van der Waals surface area contributed by atoms with Crippen LogP contribution in [0.5, 0.6) is 11.5 Å². The molecule has 54 heavy (non-hydrogen) atoms. The van der Waals surface area contributed by atoms with E-state index in [0.29, 0.717) is 5.82 Å². The molecule has 0 atom stereocenters. The Labute approximate surface area is 313 Å². The average Bonchev–Trinajstić information content (AvgIpc) is 3.54. The molecule has 1 aromatic heterocycles. The van der Waals surface area contributed by atoms with Gasteiger partial charge in [0.1, 0.15) is 11.5 Å². The van der Waals surface area contributed by atoms with E-state index in [-0.39, 0.29) is 0 Å². The first-order valence-corrected chi connectivity index (χ1v) is 18.4. The van der Waals surface area contributed by atoms with Crippen molar-refractivity contribution in [3.05, 3.63) is 216 Å². The number of rotatable bonds is 4. The van der Waals surface area contributed by atoms with Gasteiger partial charge in [0.05, 0.1) is 16.8 Å². The van der Waals surface area contributed by atoms with E-state index in [2.05, 4.69) is 182 Å². The minimum absolute atomic E-state index is 0.608. The van der Waals surface area contributed by atoms with Gasteiger partial charge < -0.3 is 4.74 Å². The van der Waals surface area contributed by atoms with E-state index in [9.17, 15) is 0 Å². The lowest BCUT2D eigenvalue weighted by molar-refractivity contribution is 0.437. The van der Waals surface area contributed by atoms with E-state index in [0.717, 1.165) is 56.1 Å². The molecule has 0 saturated heterocycles. The molecule has 8 aromatic carbocycles. The van der Waals surface area contributed by atoms with Gasteiger partial charge >= 0.3 is 0 Å². The quantitative estimate of drug-likeness (QED) is 0.185. The van der Waals surface area contributed by atoms with Crippen molar-refractivity contribution in [3.8, 4) is 67.7 Å². The van der Waals surface area contributed by atoms with Gasteiger partial charge in [0.25, 0.3) is 0 Å². The minimum Gasteiger partial charge on any atom is -0.457 e. The van der Waals surface area contributed by atoms with E-state index in [1.165, 1.54) is 38.8 Å². The van der Waals surface area contributed by atoms with Crippen LogP contribution in [-0.4, -0.2) is 9.97 Å². The van der Waals surface area contributed by atoms with Gasteiger partial charge in [-0.25, -0.2) is 9.97 Å². The summed E-state index contributed by atoms with van der Waals surface area (Å²) in [6, 6.07) is 68.9. The van der Waals surface area contributed by atoms with Gasteiger partial charge in [0, 0.05) is 27.8 Å². The summed E-state index contributed by atoms with van der Waals surface area (Å²) >= 11 is 0. The first kappa shape index (κ1) is 30.5. The fourth-order valence-corrected chi connectivity index (χ4v) is 8.67. The van der Waals surface area contributed by atoms with Crippen molar-refractivity contribution in [1.82, 2.24) is 9.97 Å². The third kappa shape index (κ3) is 4.62. The predicted octanol–water partition coefficient (Wildman–Crippen LogP) is 12.8. The topological polar surface area (TPSA) is 35.0 Å². The lowest BCUT2D eigenvalue weighted by Gasteiger charge is -2.39. The fourth-order valence-electron chi connectivity index (χ4n) is 8.67. The lowest BCUT2D eigenvalue weighted by atomic mass is 9.65. The third-order valence-corrected chi connectivity index (χ3v) is 11.1. The van der Waals surface area contributed by atoms with E-state index >= 15 is 0 Å². The Morgan fingerprint density at radius 3 is 1.48 bits per heavy atom. The molecule has 252 valence electrons. The van der Waals surface area contributed by atoms with Crippen molar-refractivity contribution in [3.63, 3.8) is 0 Å². The van der Waals surface area contributed by atoms with Crippen molar-refractivity contribution < 1.29 is 4.74 Å². The number of aromatic nitrogens is 2. The Morgan fingerprint density at radius 2 is 0.815 bits per heavy atom. The lowest BCUT2D eigenvalue weighted by Crippen LogP contribution is -2.32. The van der Waals surface area contributed by atoms with Crippen molar-refractivity contribution in [1.29, 1.82) is 0 Å². The smallest absolute Gasteiger partial charge is 0.160 e. The van der Waals surface area contributed by atoms with Crippen molar-refractivity contribution in [2.75, 3.05) is 0 Å². The SMILES string of the molecule is c1ccc(-c2ccc(-c3cc(-c4ccccc4)nc(-c4ccc5c(c4)C4(c6cc7ccccc7cc6O5)c5ccccc5-c5ccccc54)n3)cc2)cc1. The summed E-state index contributed by atoms with van der Waals surface area (Å²) in [5.74, 6) is 2.38. The molecule has 11 rings (SSSR count). The fraction of sp³-hybridized carbons (Fsp3) is 0.0196. The Hall–Kier alpha value is -7.10. The number of fused-ring (bicyclic) bond motifs is 10. The minimum atomic E-state index is -0.608. The van der Waals surface area contributed by atoms with E-state index in [4.69, 9.17) is 14.7 Å². The molecule has 9 aromatic rings. The molecule has 1 aliphatic heterocycles. The van der Waals surface area contributed by atoms with Gasteiger partial charge in [-0.3, -0.25) is 0 Å². The predicted molar refractivity (Wildman–Crippen MR) is 219 cm³/mol. The van der Waals surface area contributed by atoms with Crippen LogP contribution in [0.1, 0.15) is 22.3 Å². The molecule has 1 spiro atoms. The van der Waals surface area contributed by atoms with Gasteiger partial charge in [-0.05, 0) is 80.6 Å². The highest BCUT2D eigenvalue weighted by Crippen LogP contribution is 2.62. The normalized spacial score (nSPS) is 13.1. The zero-order chi connectivity index (χ0) is 35.6. The van der Waals surface area contributed by atoms with Gasteiger partial charge in [-0.15, -0.1) is 0 Å². The number of nitrogens with zero attached hydrogens (tertiary/aromatic N) is 2. The van der Waals surface area contributed by atoms with Crippen molar-refractivity contribution >= 4 is 10.8 Å². The van der Waals surface area contributed by atoms with Gasteiger partial charge in [0.2, 0.25) is 0 Å². The second-order valence-corrected chi connectivity index (χ2v) is 14.1. The Kier molecular flexibility index (Phi) is 6.77. The van der Waals surface area contributed by atoms with Crippen LogP contribution in [0.15, 0.2) is 194 Å². The maximum absolute atomic E-state index is 6.89. The van der Waals surface area contributed by atoms with Gasteiger partial charge in [-0.1, -0.05) is 158 Å². The van der Waals surface area contributed by atoms with E-state index in [1.807, 2.05) is 12.1 Å². The zero-order valence-corrected chi connectivity index (χ0v) is 29.3. The highest BCUT2D eigenvalue weighted by atomic mass is 16.5. The summed E-state index contributed by atoms with van der Waals surface area (Å²) in [5, 5.41) is 2.34. The van der Waals surface area contributed by atoms with Crippen LogP contribution in [0.4, 0.5) is 0 Å². The Morgan fingerprint density at radius 1 is 0.333 bits per heavy atom. The maximum atomic E-state index is 6.89. The molecule has 0 saturated carbocycles. The first-order valence-electron chi connectivity index (χ1n) is 18.4. The van der Waals surface area contributed by atoms with Crippen LogP contribution in [0, 0.1) is 0 Å². The molecule has 0 fully saturated rings. The van der Waals surface area contributed by atoms with Crippen LogP contribution in [0.25, 0.3) is 66.9 Å². The molecule has 0 N–H and O–H groups in total. The van der Waals surface area contributed by atoms with Crippen molar-refractivity contribution in [2.45, 2.75) is 5.41 Å². The van der Waals surface area contributed by atoms with E-state index < -0.39 is 5.41 Å². The second kappa shape index (κ2) is 12.0. The Bertz CT molecular complexity index is 2850. The van der Waals surface area contributed by atoms with Gasteiger partial charge in [-0.2, -0.15) is 0 Å². The molecule has 2 aliphatic rings. The molecule has 0 amide bonds. The van der Waals surface area contributed by atoms with Gasteiger partial charge in [0.15, 0.2) is 5.82 Å². The summed E-state index contributed by atoms with van der Waals surface area (Å²) in [6.07, 6.45) is 0. The van der Waals surface area contributed by atoms with Crippen LogP contribution in [0.2, 0.25) is 0 Å². The summed E-state index contributed by atoms with van der Waals surface area (Å²) in [7, 11) is 0. The highest BCUT2D eigenvalue weighted by Gasteiger charge is 2.51. The molecule has 0 unspecified atom stereocenters. The zero-order valence-electron chi connectivity index (χ0n) is 29.3. The van der Waals surface area contributed by atoms with Crippen LogP contribution >= 0.6 is 0 Å². The summed E-state index contributed by atoms with van der Waals surface area (Å²) in [4.78, 5) is 10.5. The third-order valence-electron chi connectivity index (χ3n) is 11.1. The molecule has 2 heterocycles. The summed E-state index contributed by atoms with van der Waals surface area (Å²) in [6.45, 7) is 0. The molecule has 0 radical (unpaired) electrons. The number of hydrogen-bond donors (Lipinski definition) is 0. The first-order chi connectivity index (χ1) is 26.7. The average molecular weight is 689 g/mol. The maximum Gasteiger partial charge on any atom is 0.160 e. The molecule has 3 heteroatoms. The van der Waals surface area contributed by atoms with Crippen LogP contribution in [-0.2, 0) is 5.41 Å². The second-order valence-electron chi connectivity index (χ2n) is 14.1. The molecule has 1 aliphatic carbocycles.